The lowest BCUT2D eigenvalue weighted by Gasteiger charge is -2.34. The van der Waals surface area contributed by atoms with Crippen molar-refractivity contribution in [3.63, 3.8) is 0 Å². The number of amides is 4. The van der Waals surface area contributed by atoms with Crippen LogP contribution >= 0.6 is 0 Å². The molecule has 9 nitrogen and oxygen atoms in total. The lowest BCUT2D eigenvalue weighted by Crippen LogP contribution is -2.53. The van der Waals surface area contributed by atoms with Gasteiger partial charge in [-0.15, -0.1) is 0 Å². The van der Waals surface area contributed by atoms with E-state index < -0.39 is 47.9 Å². The number of alkyl carbamates (subject to hydrolysis) is 1. The van der Waals surface area contributed by atoms with Crippen molar-refractivity contribution in [3.8, 4) is 0 Å². The second kappa shape index (κ2) is 13.3. The Morgan fingerprint density at radius 1 is 0.927 bits per heavy atom. The van der Waals surface area contributed by atoms with Crippen molar-refractivity contribution in [2.75, 3.05) is 11.9 Å². The molecule has 9 heteroatoms. The fourth-order valence-electron chi connectivity index (χ4n) is 4.78. The summed E-state index contributed by atoms with van der Waals surface area (Å²) in [4.78, 5) is 54.1. The van der Waals surface area contributed by atoms with Crippen molar-refractivity contribution < 1.29 is 23.9 Å². The molecule has 0 bridgehead atoms. The van der Waals surface area contributed by atoms with Crippen LogP contribution in [0.3, 0.4) is 0 Å². The van der Waals surface area contributed by atoms with Crippen molar-refractivity contribution in [1.29, 1.82) is 0 Å². The van der Waals surface area contributed by atoms with Gasteiger partial charge in [-0.25, -0.2) is 4.79 Å². The van der Waals surface area contributed by atoms with Crippen LogP contribution in [0.5, 0.6) is 0 Å². The van der Waals surface area contributed by atoms with Crippen molar-refractivity contribution >= 4 is 40.3 Å². The molecule has 2 atom stereocenters. The summed E-state index contributed by atoms with van der Waals surface area (Å²) in [6.07, 6.45) is -0.798. The van der Waals surface area contributed by atoms with E-state index in [2.05, 4.69) is 10.6 Å². The van der Waals surface area contributed by atoms with Gasteiger partial charge in [-0.2, -0.15) is 0 Å². The molecule has 4 N–H and O–H groups in total. The summed E-state index contributed by atoms with van der Waals surface area (Å²) in [7, 11) is 0. The number of nitrogens with zero attached hydrogens (tertiary/aromatic N) is 1. The Morgan fingerprint density at radius 3 is 2.15 bits per heavy atom. The predicted molar refractivity (Wildman–Crippen MR) is 160 cm³/mol. The van der Waals surface area contributed by atoms with Gasteiger partial charge in [-0.05, 0) is 69.5 Å². The molecule has 3 aromatic rings. The van der Waals surface area contributed by atoms with E-state index in [9.17, 15) is 19.2 Å². The number of carbonyl (C=O) groups is 4. The summed E-state index contributed by atoms with van der Waals surface area (Å²) < 4.78 is 5.33. The number of primary amides is 1. The summed E-state index contributed by atoms with van der Waals surface area (Å²) in [5.74, 6) is -1.82. The Balaban J connectivity index is 2.04. The number of rotatable bonds is 10. The fraction of sp³-hybridized carbons (Fsp3) is 0.375. The molecule has 0 saturated carbocycles. The van der Waals surface area contributed by atoms with Gasteiger partial charge < -0.3 is 26.0 Å². The van der Waals surface area contributed by atoms with Crippen LogP contribution in [0.4, 0.5) is 10.5 Å². The zero-order valence-corrected chi connectivity index (χ0v) is 24.6. The van der Waals surface area contributed by atoms with E-state index in [4.69, 9.17) is 10.5 Å². The first-order valence-electron chi connectivity index (χ1n) is 13.7. The number of hydrogen-bond acceptors (Lipinski definition) is 5. The maximum Gasteiger partial charge on any atom is 0.408 e. The molecular weight excluding hydrogens is 520 g/mol. The summed E-state index contributed by atoms with van der Waals surface area (Å²) in [6.45, 7) is 11.0. The molecule has 0 aromatic heterocycles. The molecule has 0 spiro atoms. The Hall–Kier alpha value is -4.40. The number of benzene rings is 3. The van der Waals surface area contributed by atoms with Crippen LogP contribution in [0.1, 0.15) is 63.3 Å². The second-order valence-corrected chi connectivity index (χ2v) is 11.3. The van der Waals surface area contributed by atoms with Gasteiger partial charge in [0.25, 0.3) is 5.91 Å². The van der Waals surface area contributed by atoms with Crippen LogP contribution in [-0.4, -0.2) is 46.9 Å². The third-order valence-corrected chi connectivity index (χ3v) is 6.28. The topological polar surface area (TPSA) is 131 Å². The summed E-state index contributed by atoms with van der Waals surface area (Å²) in [5, 5.41) is 7.46. The summed E-state index contributed by atoms with van der Waals surface area (Å²) in [6, 6.07) is 16.7. The van der Waals surface area contributed by atoms with Gasteiger partial charge in [0.05, 0.1) is 6.42 Å². The predicted octanol–water partition coefficient (Wildman–Crippen LogP) is 5.14. The molecule has 0 aliphatic carbocycles. The van der Waals surface area contributed by atoms with E-state index >= 15 is 0 Å². The number of nitrogens with one attached hydrogen (secondary N) is 2. The Labute approximate surface area is 241 Å². The minimum Gasteiger partial charge on any atom is -0.444 e. The largest absolute Gasteiger partial charge is 0.444 e. The molecule has 0 aliphatic rings. The Kier molecular flexibility index (Phi) is 10.1. The first kappa shape index (κ1) is 31.1. The number of nitrogens with two attached hydrogens (primary N) is 1. The molecule has 0 saturated heterocycles. The smallest absolute Gasteiger partial charge is 0.408 e. The van der Waals surface area contributed by atoms with Crippen molar-refractivity contribution in [2.45, 2.75) is 72.1 Å². The van der Waals surface area contributed by atoms with E-state index in [1.54, 1.807) is 20.8 Å². The van der Waals surface area contributed by atoms with Crippen LogP contribution in [0.25, 0.3) is 10.8 Å². The number of anilines is 1. The van der Waals surface area contributed by atoms with Crippen molar-refractivity contribution in [2.24, 2.45) is 5.73 Å². The Morgan fingerprint density at radius 2 is 1.56 bits per heavy atom. The van der Waals surface area contributed by atoms with E-state index in [-0.39, 0.29) is 6.54 Å². The molecule has 3 aromatic carbocycles. The van der Waals surface area contributed by atoms with E-state index in [0.717, 1.165) is 21.9 Å². The molecule has 0 radical (unpaired) electrons. The molecule has 0 aliphatic heterocycles. The van der Waals surface area contributed by atoms with Crippen molar-refractivity contribution in [3.05, 3.63) is 77.4 Å². The minimum atomic E-state index is -1.32. The summed E-state index contributed by atoms with van der Waals surface area (Å²) >= 11 is 0. The minimum absolute atomic E-state index is 0.187. The molecular formula is C32H40N4O5. The molecule has 0 heterocycles. The number of ether oxygens (including phenoxy) is 1. The number of hydrogen-bond donors (Lipinski definition) is 3. The van der Waals surface area contributed by atoms with Crippen LogP contribution in [-0.2, 0) is 19.1 Å². The van der Waals surface area contributed by atoms with Gasteiger partial charge in [0.2, 0.25) is 11.8 Å². The first-order chi connectivity index (χ1) is 19.3. The second-order valence-electron chi connectivity index (χ2n) is 11.3. The van der Waals surface area contributed by atoms with E-state index in [1.165, 1.54) is 4.90 Å². The highest BCUT2D eigenvalue weighted by atomic mass is 16.6. The van der Waals surface area contributed by atoms with Crippen LogP contribution < -0.4 is 16.4 Å². The molecule has 41 heavy (non-hydrogen) atoms. The van der Waals surface area contributed by atoms with E-state index in [1.807, 2.05) is 81.4 Å². The highest BCUT2D eigenvalue weighted by Crippen LogP contribution is 2.28. The highest BCUT2D eigenvalue weighted by molar-refractivity contribution is 6.01. The molecule has 0 fully saturated rings. The van der Waals surface area contributed by atoms with Gasteiger partial charge in [-0.1, -0.05) is 66.6 Å². The number of fused-ring (bicyclic) bond motifs is 1. The number of carbonyl (C=O) groups excluding carboxylic acids is 4. The summed E-state index contributed by atoms with van der Waals surface area (Å²) in [5.41, 5.74) is 7.67. The SMILES string of the molecule is CCCN(C(=O)C(CC(N)=O)NC(=O)OC(C)(C)C)C(C(=O)Nc1ccc2ccccc2c1)c1cc(C)cc(C)c1. The van der Waals surface area contributed by atoms with Crippen LogP contribution in [0.2, 0.25) is 0 Å². The highest BCUT2D eigenvalue weighted by Gasteiger charge is 2.37. The van der Waals surface area contributed by atoms with Crippen molar-refractivity contribution in [1.82, 2.24) is 10.2 Å². The normalized spacial score (nSPS) is 12.7. The van der Waals surface area contributed by atoms with Gasteiger partial charge >= 0.3 is 6.09 Å². The zero-order valence-electron chi connectivity index (χ0n) is 24.6. The lowest BCUT2D eigenvalue weighted by molar-refractivity contribution is -0.141. The Bertz CT molecular complexity index is 1410. The zero-order chi connectivity index (χ0) is 30.3. The maximum absolute atomic E-state index is 14.1. The van der Waals surface area contributed by atoms with Gasteiger partial charge in [0.15, 0.2) is 0 Å². The standard InChI is InChI=1S/C32H40N4O5/c1-7-14-36(30(39)26(19-27(33)37)35-31(40)41-32(4,5)6)28(24-16-20(2)15-21(3)17-24)29(38)34-25-13-12-22-10-8-9-11-23(22)18-25/h8-13,15-18,26,28H,7,14,19H2,1-6H3,(H2,33,37)(H,34,38)(H,35,40). The molecule has 2 unspecified atom stereocenters. The average molecular weight is 561 g/mol. The van der Waals surface area contributed by atoms with Gasteiger partial charge in [-0.3, -0.25) is 14.4 Å². The van der Waals surface area contributed by atoms with Gasteiger partial charge in [0, 0.05) is 12.2 Å². The lowest BCUT2D eigenvalue weighted by atomic mass is 9.97. The monoisotopic (exact) mass is 560 g/mol. The van der Waals surface area contributed by atoms with E-state index in [0.29, 0.717) is 17.7 Å². The third kappa shape index (κ3) is 8.79. The number of aryl methyl sites for hydroxylation is 2. The quantitative estimate of drug-likeness (QED) is 0.316. The fourth-order valence-corrected chi connectivity index (χ4v) is 4.78. The molecule has 3 rings (SSSR count). The molecule has 4 amide bonds. The molecule has 218 valence electrons. The third-order valence-electron chi connectivity index (χ3n) is 6.28. The van der Waals surface area contributed by atoms with Gasteiger partial charge in [0.1, 0.15) is 17.7 Å². The van der Waals surface area contributed by atoms with Crippen LogP contribution in [0, 0.1) is 13.8 Å². The van der Waals surface area contributed by atoms with Crippen LogP contribution in [0.15, 0.2) is 60.7 Å². The average Bonchev–Trinajstić information content (AvgIpc) is 2.85. The first-order valence-corrected chi connectivity index (χ1v) is 13.7. The maximum atomic E-state index is 14.1.